The summed E-state index contributed by atoms with van der Waals surface area (Å²) in [6.07, 6.45) is 24.7. The highest BCUT2D eigenvalue weighted by molar-refractivity contribution is 5.75. The van der Waals surface area contributed by atoms with Crippen LogP contribution in [0.25, 0.3) is 0 Å². The first kappa shape index (κ1) is 24.2. The number of hydrogen-bond donors (Lipinski definition) is 0. The van der Waals surface area contributed by atoms with Crippen molar-refractivity contribution in [2.45, 2.75) is 117 Å². The van der Waals surface area contributed by atoms with E-state index in [9.17, 15) is 4.79 Å². The molecule has 0 N–H and O–H groups in total. The zero-order valence-corrected chi connectivity index (χ0v) is 17.5. The standard InChI is InChI=1S/C23H45NO/c1-4-6-8-9-10-11-12-13-14-15-16-17-18-19-20-21-23(25)24(3)22-7-5-2/h13-14H,4-12,15-22H2,1-3H3. The average molecular weight is 352 g/mol. The van der Waals surface area contributed by atoms with Gasteiger partial charge in [-0.15, -0.1) is 0 Å². The molecule has 0 fully saturated rings. The summed E-state index contributed by atoms with van der Waals surface area (Å²) in [5.74, 6) is 0.325. The molecule has 1 amide bonds. The van der Waals surface area contributed by atoms with E-state index in [4.69, 9.17) is 0 Å². The molecule has 0 bridgehead atoms. The van der Waals surface area contributed by atoms with E-state index in [0.29, 0.717) is 5.91 Å². The maximum atomic E-state index is 11.9. The summed E-state index contributed by atoms with van der Waals surface area (Å²) in [4.78, 5) is 13.8. The van der Waals surface area contributed by atoms with E-state index >= 15 is 0 Å². The predicted octanol–water partition coefficient (Wildman–Crippen LogP) is 7.28. The van der Waals surface area contributed by atoms with Gasteiger partial charge in [-0.2, -0.15) is 0 Å². The Kier molecular flexibility index (Phi) is 18.9. The van der Waals surface area contributed by atoms with Crippen LogP contribution in [-0.4, -0.2) is 24.4 Å². The Hall–Kier alpha value is -0.790. The molecule has 0 spiro atoms. The topological polar surface area (TPSA) is 20.3 Å². The molecular weight excluding hydrogens is 306 g/mol. The Balaban J connectivity index is 3.27. The maximum Gasteiger partial charge on any atom is 0.222 e. The summed E-state index contributed by atoms with van der Waals surface area (Å²) in [6.45, 7) is 5.36. The second-order valence-electron chi connectivity index (χ2n) is 7.50. The smallest absolute Gasteiger partial charge is 0.222 e. The van der Waals surface area contributed by atoms with Crippen LogP contribution in [0.3, 0.4) is 0 Å². The van der Waals surface area contributed by atoms with E-state index < -0.39 is 0 Å². The molecule has 0 atom stereocenters. The molecule has 0 saturated heterocycles. The Morgan fingerprint density at radius 1 is 0.680 bits per heavy atom. The summed E-state index contributed by atoms with van der Waals surface area (Å²) in [5, 5.41) is 0. The largest absolute Gasteiger partial charge is 0.346 e. The fourth-order valence-corrected chi connectivity index (χ4v) is 3.06. The SMILES string of the molecule is CCCCCCCCC=CCCCCCCCC(=O)N(C)CCCC. The van der Waals surface area contributed by atoms with Crippen LogP contribution in [0.4, 0.5) is 0 Å². The number of carbonyl (C=O) groups is 1. The fraction of sp³-hybridized carbons (Fsp3) is 0.870. The van der Waals surface area contributed by atoms with Gasteiger partial charge < -0.3 is 4.90 Å². The van der Waals surface area contributed by atoms with Gasteiger partial charge in [0.2, 0.25) is 5.91 Å². The summed E-state index contributed by atoms with van der Waals surface area (Å²) in [6, 6.07) is 0. The van der Waals surface area contributed by atoms with Crippen LogP contribution in [0, 0.1) is 0 Å². The van der Waals surface area contributed by atoms with Gasteiger partial charge in [0.1, 0.15) is 0 Å². The molecule has 0 aliphatic carbocycles. The van der Waals surface area contributed by atoms with Crippen LogP contribution in [0.15, 0.2) is 12.2 Å². The summed E-state index contributed by atoms with van der Waals surface area (Å²) in [7, 11) is 1.94. The van der Waals surface area contributed by atoms with Crippen molar-refractivity contribution in [2.75, 3.05) is 13.6 Å². The van der Waals surface area contributed by atoms with Crippen molar-refractivity contribution in [1.82, 2.24) is 4.90 Å². The molecule has 0 saturated carbocycles. The van der Waals surface area contributed by atoms with E-state index in [1.165, 1.54) is 77.0 Å². The van der Waals surface area contributed by atoms with Crippen molar-refractivity contribution in [2.24, 2.45) is 0 Å². The highest BCUT2D eigenvalue weighted by Gasteiger charge is 2.06. The van der Waals surface area contributed by atoms with Crippen LogP contribution in [-0.2, 0) is 4.79 Å². The van der Waals surface area contributed by atoms with Gasteiger partial charge in [0.25, 0.3) is 0 Å². The molecule has 0 unspecified atom stereocenters. The number of rotatable bonds is 18. The highest BCUT2D eigenvalue weighted by atomic mass is 16.2. The van der Waals surface area contributed by atoms with Crippen LogP contribution < -0.4 is 0 Å². The third-order valence-corrected chi connectivity index (χ3v) is 4.93. The van der Waals surface area contributed by atoms with Crippen LogP contribution in [0.5, 0.6) is 0 Å². The third kappa shape index (κ3) is 17.8. The van der Waals surface area contributed by atoms with Gasteiger partial charge >= 0.3 is 0 Å². The van der Waals surface area contributed by atoms with E-state index in [-0.39, 0.29) is 0 Å². The van der Waals surface area contributed by atoms with Crippen molar-refractivity contribution in [1.29, 1.82) is 0 Å². The fourth-order valence-electron chi connectivity index (χ4n) is 3.06. The molecule has 0 aliphatic heterocycles. The molecule has 2 nitrogen and oxygen atoms in total. The van der Waals surface area contributed by atoms with Crippen molar-refractivity contribution in [3.63, 3.8) is 0 Å². The average Bonchev–Trinajstić information content (AvgIpc) is 2.62. The van der Waals surface area contributed by atoms with Gasteiger partial charge in [-0.25, -0.2) is 0 Å². The Morgan fingerprint density at radius 2 is 1.16 bits per heavy atom. The molecule has 2 heteroatoms. The lowest BCUT2D eigenvalue weighted by molar-refractivity contribution is -0.130. The summed E-state index contributed by atoms with van der Waals surface area (Å²) < 4.78 is 0. The van der Waals surface area contributed by atoms with Gasteiger partial charge in [0, 0.05) is 20.0 Å². The first-order chi connectivity index (χ1) is 12.2. The van der Waals surface area contributed by atoms with Crippen LogP contribution in [0.1, 0.15) is 117 Å². The molecule has 0 aliphatic rings. The molecule has 0 aromatic carbocycles. The van der Waals surface area contributed by atoms with Gasteiger partial charge in [0.05, 0.1) is 0 Å². The minimum atomic E-state index is 0.325. The lowest BCUT2D eigenvalue weighted by Crippen LogP contribution is -2.27. The predicted molar refractivity (Wildman–Crippen MR) is 112 cm³/mol. The molecule has 0 aromatic rings. The lowest BCUT2D eigenvalue weighted by atomic mass is 10.1. The number of amides is 1. The van der Waals surface area contributed by atoms with Crippen molar-refractivity contribution in [3.8, 4) is 0 Å². The van der Waals surface area contributed by atoms with E-state index in [0.717, 1.165) is 32.2 Å². The Morgan fingerprint density at radius 3 is 1.72 bits per heavy atom. The van der Waals surface area contributed by atoms with Crippen molar-refractivity contribution in [3.05, 3.63) is 12.2 Å². The number of carbonyl (C=O) groups excluding carboxylic acids is 1. The van der Waals surface area contributed by atoms with Gasteiger partial charge in [-0.05, 0) is 38.5 Å². The molecule has 148 valence electrons. The zero-order valence-electron chi connectivity index (χ0n) is 17.5. The summed E-state index contributed by atoms with van der Waals surface area (Å²) in [5.41, 5.74) is 0. The summed E-state index contributed by atoms with van der Waals surface area (Å²) >= 11 is 0. The van der Waals surface area contributed by atoms with Crippen LogP contribution >= 0.6 is 0 Å². The molecule has 0 radical (unpaired) electrons. The van der Waals surface area contributed by atoms with Gasteiger partial charge in [0.15, 0.2) is 0 Å². The first-order valence-electron chi connectivity index (χ1n) is 11.1. The minimum absolute atomic E-state index is 0.325. The van der Waals surface area contributed by atoms with E-state index in [1.807, 2.05) is 11.9 Å². The second-order valence-corrected chi connectivity index (χ2v) is 7.50. The molecular formula is C23H45NO. The monoisotopic (exact) mass is 351 g/mol. The number of allylic oxidation sites excluding steroid dienone is 2. The second kappa shape index (κ2) is 19.5. The zero-order chi connectivity index (χ0) is 18.6. The van der Waals surface area contributed by atoms with Crippen molar-refractivity contribution >= 4 is 5.91 Å². The highest BCUT2D eigenvalue weighted by Crippen LogP contribution is 2.10. The maximum absolute atomic E-state index is 11.9. The molecule has 0 aromatic heterocycles. The quantitative estimate of drug-likeness (QED) is 0.188. The van der Waals surface area contributed by atoms with Crippen molar-refractivity contribution < 1.29 is 4.79 Å². The van der Waals surface area contributed by atoms with Gasteiger partial charge in [-0.1, -0.05) is 83.8 Å². The van der Waals surface area contributed by atoms with Crippen LogP contribution in [0.2, 0.25) is 0 Å². The number of nitrogens with zero attached hydrogens (tertiary/aromatic N) is 1. The third-order valence-electron chi connectivity index (χ3n) is 4.93. The molecule has 0 heterocycles. The first-order valence-corrected chi connectivity index (χ1v) is 11.1. The van der Waals surface area contributed by atoms with E-state index in [2.05, 4.69) is 26.0 Å². The minimum Gasteiger partial charge on any atom is -0.346 e. The number of unbranched alkanes of at least 4 members (excludes halogenated alkanes) is 12. The number of hydrogen-bond acceptors (Lipinski definition) is 1. The normalized spacial score (nSPS) is 11.3. The van der Waals surface area contributed by atoms with Gasteiger partial charge in [-0.3, -0.25) is 4.79 Å². The Labute approximate surface area is 158 Å². The molecule has 0 rings (SSSR count). The Bertz CT molecular complexity index is 311. The van der Waals surface area contributed by atoms with E-state index in [1.54, 1.807) is 0 Å². The lowest BCUT2D eigenvalue weighted by Gasteiger charge is -2.16. The molecule has 25 heavy (non-hydrogen) atoms.